The first-order chi connectivity index (χ1) is 9.45. The van der Waals surface area contributed by atoms with Crippen molar-refractivity contribution in [1.82, 2.24) is 4.90 Å². The van der Waals surface area contributed by atoms with E-state index in [0.717, 1.165) is 25.1 Å². The number of hydrogen-bond acceptors (Lipinski definition) is 2. The molecule has 3 heteroatoms. The molecule has 0 saturated heterocycles. The van der Waals surface area contributed by atoms with Crippen molar-refractivity contribution in [3.63, 3.8) is 0 Å². The van der Waals surface area contributed by atoms with E-state index < -0.39 is 0 Å². The van der Waals surface area contributed by atoms with Crippen LogP contribution in [0.2, 0.25) is 0 Å². The van der Waals surface area contributed by atoms with Gasteiger partial charge in [0.05, 0.1) is 0 Å². The van der Waals surface area contributed by atoms with Gasteiger partial charge in [-0.15, -0.1) is 0 Å². The van der Waals surface area contributed by atoms with Gasteiger partial charge in [0.2, 0.25) is 0 Å². The lowest BCUT2D eigenvalue weighted by atomic mass is 10.0. The Kier molecular flexibility index (Phi) is 6.73. The van der Waals surface area contributed by atoms with Gasteiger partial charge < -0.3 is 10.6 Å². The molecular weight excluding hydrogens is 248 g/mol. The number of nitrogens with zero attached hydrogens (tertiary/aromatic N) is 1. The Hall–Kier alpha value is -1.35. The zero-order valence-corrected chi connectivity index (χ0v) is 13.2. The molecule has 0 fully saturated rings. The average Bonchev–Trinajstić information content (AvgIpc) is 2.42. The summed E-state index contributed by atoms with van der Waals surface area (Å²) in [7, 11) is 0. The Morgan fingerprint density at radius 1 is 1.15 bits per heavy atom. The molecule has 112 valence electrons. The van der Waals surface area contributed by atoms with Crippen LogP contribution in [0.3, 0.4) is 0 Å². The van der Waals surface area contributed by atoms with Crippen molar-refractivity contribution < 1.29 is 4.79 Å². The Bertz CT molecular complexity index is 410. The Labute approximate surface area is 123 Å². The van der Waals surface area contributed by atoms with Crippen molar-refractivity contribution in [2.24, 2.45) is 11.7 Å². The van der Waals surface area contributed by atoms with Gasteiger partial charge >= 0.3 is 0 Å². The molecule has 0 heterocycles. The molecule has 20 heavy (non-hydrogen) atoms. The minimum absolute atomic E-state index is 0.113. The van der Waals surface area contributed by atoms with Crippen LogP contribution in [0.25, 0.3) is 0 Å². The van der Waals surface area contributed by atoms with E-state index in [1.54, 1.807) is 0 Å². The lowest BCUT2D eigenvalue weighted by molar-refractivity contribution is 0.0735. The quantitative estimate of drug-likeness (QED) is 0.831. The Balaban J connectivity index is 2.81. The minimum Gasteiger partial charge on any atom is -0.338 e. The fraction of sp³-hybridized carbons (Fsp3) is 0.588. The smallest absolute Gasteiger partial charge is 0.253 e. The summed E-state index contributed by atoms with van der Waals surface area (Å²) >= 11 is 0. The second kappa shape index (κ2) is 8.05. The summed E-state index contributed by atoms with van der Waals surface area (Å²) in [5.74, 6) is 1.07. The van der Waals surface area contributed by atoms with Gasteiger partial charge in [-0.1, -0.05) is 39.8 Å². The molecule has 2 N–H and O–H groups in total. The predicted molar refractivity (Wildman–Crippen MR) is 84.9 cm³/mol. The normalized spacial score (nSPS) is 11.2. The molecule has 0 radical (unpaired) electrons. The van der Waals surface area contributed by atoms with Crippen molar-refractivity contribution in [3.8, 4) is 0 Å². The maximum Gasteiger partial charge on any atom is 0.253 e. The van der Waals surface area contributed by atoms with Gasteiger partial charge in [-0.05, 0) is 42.5 Å². The first-order valence-corrected chi connectivity index (χ1v) is 7.55. The largest absolute Gasteiger partial charge is 0.338 e. The van der Waals surface area contributed by atoms with Crippen LogP contribution >= 0.6 is 0 Å². The molecule has 0 aliphatic heterocycles. The first kappa shape index (κ1) is 16.7. The topological polar surface area (TPSA) is 46.3 Å². The van der Waals surface area contributed by atoms with E-state index in [-0.39, 0.29) is 5.91 Å². The summed E-state index contributed by atoms with van der Waals surface area (Å²) < 4.78 is 0. The summed E-state index contributed by atoms with van der Waals surface area (Å²) in [6, 6.07) is 7.98. The van der Waals surface area contributed by atoms with E-state index in [4.69, 9.17) is 5.73 Å². The number of nitrogens with two attached hydrogens (primary N) is 1. The number of amides is 1. The van der Waals surface area contributed by atoms with Gasteiger partial charge in [0.1, 0.15) is 0 Å². The third kappa shape index (κ3) is 4.97. The van der Waals surface area contributed by atoms with Crippen LogP contribution in [0.4, 0.5) is 0 Å². The van der Waals surface area contributed by atoms with Gasteiger partial charge in [0.25, 0.3) is 5.91 Å². The van der Waals surface area contributed by atoms with E-state index in [1.807, 2.05) is 29.2 Å². The van der Waals surface area contributed by atoms with Crippen molar-refractivity contribution in [3.05, 3.63) is 35.4 Å². The molecule has 0 atom stereocenters. The van der Waals surface area contributed by atoms with Gasteiger partial charge in [-0.25, -0.2) is 0 Å². The maximum atomic E-state index is 12.6. The molecule has 1 rings (SSSR count). The number of rotatable bonds is 7. The summed E-state index contributed by atoms with van der Waals surface area (Å²) in [6.07, 6.45) is 0.850. The molecule has 0 bridgehead atoms. The van der Waals surface area contributed by atoms with Crippen LogP contribution in [-0.2, 0) is 0 Å². The minimum atomic E-state index is 0.113. The van der Waals surface area contributed by atoms with Crippen LogP contribution in [0.15, 0.2) is 24.3 Å². The first-order valence-electron chi connectivity index (χ1n) is 7.55. The number of benzene rings is 1. The molecule has 3 nitrogen and oxygen atoms in total. The monoisotopic (exact) mass is 276 g/mol. The molecule has 0 unspecified atom stereocenters. The highest BCUT2D eigenvalue weighted by Gasteiger charge is 2.16. The van der Waals surface area contributed by atoms with Crippen LogP contribution in [0.5, 0.6) is 0 Å². The zero-order valence-electron chi connectivity index (χ0n) is 13.2. The van der Waals surface area contributed by atoms with E-state index in [9.17, 15) is 4.79 Å². The molecular formula is C17H28N2O. The molecule has 0 aliphatic carbocycles. The number of hydrogen-bond donors (Lipinski definition) is 1. The zero-order chi connectivity index (χ0) is 15.1. The highest BCUT2D eigenvalue weighted by molar-refractivity contribution is 5.94. The van der Waals surface area contributed by atoms with Crippen LogP contribution in [0, 0.1) is 5.92 Å². The lowest BCUT2D eigenvalue weighted by Gasteiger charge is -2.24. The van der Waals surface area contributed by atoms with Gasteiger partial charge in [0, 0.05) is 18.7 Å². The molecule has 1 amide bonds. The van der Waals surface area contributed by atoms with Crippen LogP contribution < -0.4 is 5.73 Å². The summed E-state index contributed by atoms with van der Waals surface area (Å²) in [6.45, 7) is 10.7. The van der Waals surface area contributed by atoms with Gasteiger partial charge in [0.15, 0.2) is 0 Å². The fourth-order valence-electron chi connectivity index (χ4n) is 2.19. The fourth-order valence-corrected chi connectivity index (χ4v) is 2.19. The van der Waals surface area contributed by atoms with E-state index >= 15 is 0 Å². The highest BCUT2D eigenvalue weighted by atomic mass is 16.2. The molecule has 1 aromatic carbocycles. The Morgan fingerprint density at radius 2 is 1.75 bits per heavy atom. The maximum absolute atomic E-state index is 12.6. The molecule has 0 spiro atoms. The van der Waals surface area contributed by atoms with Gasteiger partial charge in [-0.3, -0.25) is 4.79 Å². The number of carbonyl (C=O) groups is 1. The standard InChI is InChI=1S/C17H28N2O/c1-13(2)12-19(11-5-10-18)17(20)16-8-6-15(7-9-16)14(3)4/h6-9,13-14H,5,10-12,18H2,1-4H3. The van der Waals surface area contributed by atoms with Crippen LogP contribution in [0.1, 0.15) is 56.0 Å². The van der Waals surface area contributed by atoms with Crippen molar-refractivity contribution >= 4 is 5.91 Å². The summed E-state index contributed by atoms with van der Waals surface area (Å²) in [4.78, 5) is 14.5. The summed E-state index contributed by atoms with van der Waals surface area (Å²) in [5.41, 5.74) is 7.59. The second-order valence-corrected chi connectivity index (χ2v) is 6.06. The third-order valence-corrected chi connectivity index (χ3v) is 3.33. The summed E-state index contributed by atoms with van der Waals surface area (Å²) in [5, 5.41) is 0. The van der Waals surface area contributed by atoms with E-state index in [1.165, 1.54) is 5.56 Å². The van der Waals surface area contributed by atoms with E-state index in [0.29, 0.717) is 18.4 Å². The average molecular weight is 276 g/mol. The Morgan fingerprint density at radius 3 is 2.20 bits per heavy atom. The molecule has 0 saturated carbocycles. The van der Waals surface area contributed by atoms with Crippen molar-refractivity contribution in [2.45, 2.75) is 40.0 Å². The highest BCUT2D eigenvalue weighted by Crippen LogP contribution is 2.16. The number of carbonyl (C=O) groups excluding carboxylic acids is 1. The predicted octanol–water partition coefficient (Wildman–Crippen LogP) is 3.26. The van der Waals surface area contributed by atoms with E-state index in [2.05, 4.69) is 27.7 Å². The second-order valence-electron chi connectivity index (χ2n) is 6.06. The SMILES string of the molecule is CC(C)CN(CCCN)C(=O)c1ccc(C(C)C)cc1. The molecule has 0 aliphatic rings. The molecule has 1 aromatic rings. The molecule has 0 aromatic heterocycles. The van der Waals surface area contributed by atoms with Gasteiger partial charge in [-0.2, -0.15) is 0 Å². The van der Waals surface area contributed by atoms with Crippen molar-refractivity contribution in [1.29, 1.82) is 0 Å². The third-order valence-electron chi connectivity index (χ3n) is 3.33. The van der Waals surface area contributed by atoms with Crippen molar-refractivity contribution in [2.75, 3.05) is 19.6 Å². The lowest BCUT2D eigenvalue weighted by Crippen LogP contribution is -2.35. The van der Waals surface area contributed by atoms with Crippen LogP contribution in [-0.4, -0.2) is 30.4 Å².